The van der Waals surface area contributed by atoms with E-state index in [1.54, 1.807) is 0 Å². The van der Waals surface area contributed by atoms with Gasteiger partial charge in [0.1, 0.15) is 0 Å². The molecule has 17 heavy (non-hydrogen) atoms. The highest BCUT2D eigenvalue weighted by Gasteiger charge is 2.40. The van der Waals surface area contributed by atoms with Crippen molar-refractivity contribution in [3.05, 3.63) is 0 Å². The Bertz CT molecular complexity index is 288. The van der Waals surface area contributed by atoms with Gasteiger partial charge < -0.3 is 14.4 Å². The van der Waals surface area contributed by atoms with E-state index in [0.29, 0.717) is 25.9 Å². The van der Waals surface area contributed by atoms with Gasteiger partial charge >= 0.3 is 0 Å². The number of hydrogen-bond acceptors (Lipinski definition) is 3. The van der Waals surface area contributed by atoms with E-state index in [2.05, 4.69) is 4.90 Å². The van der Waals surface area contributed by atoms with Crippen molar-refractivity contribution in [1.82, 2.24) is 4.90 Å². The lowest BCUT2D eigenvalue weighted by molar-refractivity contribution is -0.159. The number of hydrogen-bond donors (Lipinski definition) is 0. The molecule has 2 aliphatic heterocycles. The summed E-state index contributed by atoms with van der Waals surface area (Å²) in [4.78, 5) is 14.4. The number of likely N-dealkylation sites (tertiary alicyclic amines) is 1. The van der Waals surface area contributed by atoms with Crippen molar-refractivity contribution in [2.45, 2.75) is 44.2 Å². The minimum atomic E-state index is -0.343. The van der Waals surface area contributed by atoms with Crippen LogP contribution in [0.2, 0.25) is 0 Å². The zero-order valence-corrected chi connectivity index (χ0v) is 10.3. The van der Waals surface area contributed by atoms with Gasteiger partial charge in [-0.3, -0.25) is 4.79 Å². The molecule has 0 radical (unpaired) electrons. The fraction of sp³-hybridized carbons (Fsp3) is 0.923. The number of nitrogens with zero attached hydrogens (tertiary/aromatic N) is 1. The minimum Gasteiger partial charge on any atom is -0.376 e. The minimum absolute atomic E-state index is 0.166. The fourth-order valence-corrected chi connectivity index (χ4v) is 3.49. The molecular formula is C13H21NO3. The molecule has 0 aromatic carbocycles. The zero-order chi connectivity index (χ0) is 11.7. The van der Waals surface area contributed by atoms with Crippen molar-refractivity contribution in [1.29, 1.82) is 0 Å². The molecule has 3 aliphatic rings. The summed E-state index contributed by atoms with van der Waals surface area (Å²) < 4.78 is 10.8. The van der Waals surface area contributed by atoms with Gasteiger partial charge in [0.2, 0.25) is 0 Å². The summed E-state index contributed by atoms with van der Waals surface area (Å²) in [5.74, 6) is 0.913. The van der Waals surface area contributed by atoms with E-state index in [1.165, 1.54) is 32.1 Å². The summed E-state index contributed by atoms with van der Waals surface area (Å²) in [6.07, 6.45) is 5.94. The molecule has 0 aromatic heterocycles. The van der Waals surface area contributed by atoms with E-state index < -0.39 is 0 Å². The molecule has 3 fully saturated rings. The topological polar surface area (TPSA) is 38.8 Å². The second kappa shape index (κ2) is 4.94. The van der Waals surface area contributed by atoms with Gasteiger partial charge in [0.25, 0.3) is 5.91 Å². The second-order valence-corrected chi connectivity index (χ2v) is 5.37. The Hall–Kier alpha value is -0.610. The number of ether oxygens (including phenoxy) is 2. The molecule has 1 saturated carbocycles. The number of amides is 1. The Morgan fingerprint density at radius 2 is 2.00 bits per heavy atom. The van der Waals surface area contributed by atoms with Gasteiger partial charge in [-0.2, -0.15) is 0 Å². The van der Waals surface area contributed by atoms with E-state index in [1.807, 2.05) is 0 Å². The lowest BCUT2D eigenvalue weighted by Gasteiger charge is -2.34. The van der Waals surface area contributed by atoms with Crippen molar-refractivity contribution >= 4 is 5.91 Å². The summed E-state index contributed by atoms with van der Waals surface area (Å²) >= 11 is 0. The Morgan fingerprint density at radius 1 is 1.12 bits per heavy atom. The van der Waals surface area contributed by atoms with Gasteiger partial charge in [-0.15, -0.1) is 0 Å². The molecule has 2 saturated heterocycles. The molecule has 0 N–H and O–H groups in total. The highest BCUT2D eigenvalue weighted by atomic mass is 16.6. The molecule has 3 rings (SSSR count). The third-order valence-corrected chi connectivity index (χ3v) is 4.38. The molecule has 0 spiro atoms. The molecule has 0 bridgehead atoms. The molecule has 4 nitrogen and oxygen atoms in total. The summed E-state index contributed by atoms with van der Waals surface area (Å²) in [6, 6.07) is 0.488. The SMILES string of the molecule is O=C(C1COCCO1)N1CCC2CCCCC21. The van der Waals surface area contributed by atoms with E-state index in [0.717, 1.165) is 12.5 Å². The summed E-state index contributed by atoms with van der Waals surface area (Å²) in [5, 5.41) is 0. The lowest BCUT2D eigenvalue weighted by atomic mass is 9.85. The van der Waals surface area contributed by atoms with Crippen LogP contribution in [0.4, 0.5) is 0 Å². The van der Waals surface area contributed by atoms with Crippen LogP contribution >= 0.6 is 0 Å². The first-order valence-electron chi connectivity index (χ1n) is 6.86. The first kappa shape index (κ1) is 11.5. The Kier molecular flexibility index (Phi) is 3.34. The Balaban J connectivity index is 1.65. The van der Waals surface area contributed by atoms with E-state index in [-0.39, 0.29) is 12.0 Å². The van der Waals surface area contributed by atoms with Gasteiger partial charge in [0.05, 0.1) is 19.8 Å². The highest BCUT2D eigenvalue weighted by Crippen LogP contribution is 2.36. The maximum atomic E-state index is 12.4. The van der Waals surface area contributed by atoms with Crippen molar-refractivity contribution in [2.75, 3.05) is 26.4 Å². The molecular weight excluding hydrogens is 218 g/mol. The zero-order valence-electron chi connectivity index (χ0n) is 10.3. The molecule has 3 unspecified atom stereocenters. The van der Waals surface area contributed by atoms with E-state index >= 15 is 0 Å². The van der Waals surface area contributed by atoms with Crippen LogP contribution in [0.5, 0.6) is 0 Å². The summed E-state index contributed by atoms with van der Waals surface area (Å²) in [6.45, 7) is 2.54. The maximum absolute atomic E-state index is 12.4. The van der Waals surface area contributed by atoms with Crippen molar-refractivity contribution in [3.63, 3.8) is 0 Å². The third-order valence-electron chi connectivity index (χ3n) is 4.38. The quantitative estimate of drug-likeness (QED) is 0.690. The lowest BCUT2D eigenvalue weighted by Crippen LogP contribution is -2.48. The maximum Gasteiger partial charge on any atom is 0.254 e. The van der Waals surface area contributed by atoms with Crippen LogP contribution in [-0.2, 0) is 14.3 Å². The van der Waals surface area contributed by atoms with Crippen LogP contribution in [0.25, 0.3) is 0 Å². The number of carbonyl (C=O) groups excluding carboxylic acids is 1. The van der Waals surface area contributed by atoms with Crippen molar-refractivity contribution in [2.24, 2.45) is 5.92 Å². The van der Waals surface area contributed by atoms with Crippen LogP contribution in [-0.4, -0.2) is 49.3 Å². The Labute approximate surface area is 102 Å². The van der Waals surface area contributed by atoms with Gasteiger partial charge in [-0.05, 0) is 25.2 Å². The molecule has 0 aromatic rings. The van der Waals surface area contributed by atoms with Crippen molar-refractivity contribution in [3.8, 4) is 0 Å². The van der Waals surface area contributed by atoms with Crippen LogP contribution in [0.3, 0.4) is 0 Å². The molecule has 1 amide bonds. The monoisotopic (exact) mass is 239 g/mol. The van der Waals surface area contributed by atoms with Gasteiger partial charge in [0, 0.05) is 12.6 Å². The number of rotatable bonds is 1. The second-order valence-electron chi connectivity index (χ2n) is 5.37. The first-order chi connectivity index (χ1) is 8.36. The van der Waals surface area contributed by atoms with Gasteiger partial charge in [-0.25, -0.2) is 0 Å². The molecule has 96 valence electrons. The van der Waals surface area contributed by atoms with Crippen LogP contribution in [0, 0.1) is 5.92 Å². The number of fused-ring (bicyclic) bond motifs is 1. The van der Waals surface area contributed by atoms with Crippen LogP contribution < -0.4 is 0 Å². The summed E-state index contributed by atoms with van der Waals surface area (Å²) in [7, 11) is 0. The van der Waals surface area contributed by atoms with Crippen LogP contribution in [0.15, 0.2) is 0 Å². The predicted octanol–water partition coefficient (Wildman–Crippen LogP) is 1.19. The fourth-order valence-electron chi connectivity index (χ4n) is 3.49. The third kappa shape index (κ3) is 2.20. The molecule has 4 heteroatoms. The van der Waals surface area contributed by atoms with Gasteiger partial charge in [-0.1, -0.05) is 12.8 Å². The average molecular weight is 239 g/mol. The largest absolute Gasteiger partial charge is 0.376 e. The summed E-state index contributed by atoms with van der Waals surface area (Å²) in [5.41, 5.74) is 0. The van der Waals surface area contributed by atoms with Crippen molar-refractivity contribution < 1.29 is 14.3 Å². The Morgan fingerprint density at radius 3 is 2.82 bits per heavy atom. The molecule has 2 heterocycles. The predicted molar refractivity (Wildman–Crippen MR) is 62.6 cm³/mol. The van der Waals surface area contributed by atoms with E-state index in [9.17, 15) is 4.79 Å². The molecule has 1 aliphatic carbocycles. The normalized spacial score (nSPS) is 37.9. The van der Waals surface area contributed by atoms with E-state index in [4.69, 9.17) is 9.47 Å². The smallest absolute Gasteiger partial charge is 0.254 e. The van der Waals surface area contributed by atoms with Crippen LogP contribution in [0.1, 0.15) is 32.1 Å². The first-order valence-corrected chi connectivity index (χ1v) is 6.86. The molecule has 3 atom stereocenters. The standard InChI is InChI=1S/C13H21NO3/c15-13(12-9-16-7-8-17-12)14-6-5-10-3-1-2-4-11(10)14/h10-12H,1-9H2. The van der Waals surface area contributed by atoms with Gasteiger partial charge in [0.15, 0.2) is 6.10 Å². The number of carbonyl (C=O) groups is 1. The highest BCUT2D eigenvalue weighted by molar-refractivity contribution is 5.81. The average Bonchev–Trinajstić information content (AvgIpc) is 2.83.